The highest BCUT2D eigenvalue weighted by Crippen LogP contribution is 2.11. The second-order valence-corrected chi connectivity index (χ2v) is 7.96. The number of sulfone groups is 1. The number of halogens is 1. The van der Waals surface area contributed by atoms with E-state index in [-0.39, 0.29) is 30.6 Å². The molecule has 0 saturated carbocycles. The van der Waals surface area contributed by atoms with E-state index in [9.17, 15) is 13.2 Å². The maximum Gasteiger partial charge on any atom is 0.270 e. The molecule has 0 fully saturated rings. The molecular weight excluding hydrogens is 370 g/mol. The first-order chi connectivity index (χ1) is 11.0. The fraction of sp³-hybridized carbons (Fsp3) is 0.333. The molecule has 0 aliphatic rings. The van der Waals surface area contributed by atoms with Crippen molar-refractivity contribution in [1.29, 1.82) is 0 Å². The van der Waals surface area contributed by atoms with Gasteiger partial charge in [0.05, 0.1) is 15.7 Å². The molecule has 132 valence electrons. The van der Waals surface area contributed by atoms with Crippen molar-refractivity contribution < 1.29 is 13.2 Å². The summed E-state index contributed by atoms with van der Waals surface area (Å²) in [4.78, 5) is 16.4. The van der Waals surface area contributed by atoms with E-state index in [2.05, 4.69) is 10.3 Å². The first-order valence-electron chi connectivity index (χ1n) is 7.23. The van der Waals surface area contributed by atoms with E-state index in [1.165, 1.54) is 11.3 Å². The van der Waals surface area contributed by atoms with Gasteiger partial charge in [0, 0.05) is 18.3 Å². The van der Waals surface area contributed by atoms with E-state index >= 15 is 0 Å². The van der Waals surface area contributed by atoms with Gasteiger partial charge in [-0.15, -0.1) is 23.7 Å². The quantitative estimate of drug-likeness (QED) is 0.668. The first kappa shape index (κ1) is 20.6. The summed E-state index contributed by atoms with van der Waals surface area (Å²) in [5.41, 5.74) is 5.79. The van der Waals surface area contributed by atoms with Crippen LogP contribution in [-0.4, -0.2) is 38.2 Å². The molecule has 24 heavy (non-hydrogen) atoms. The van der Waals surface area contributed by atoms with Gasteiger partial charge in [0.25, 0.3) is 5.91 Å². The molecule has 9 heteroatoms. The predicted molar refractivity (Wildman–Crippen MR) is 97.6 cm³/mol. The molecule has 0 saturated heterocycles. The lowest BCUT2D eigenvalue weighted by Crippen LogP contribution is -2.26. The van der Waals surface area contributed by atoms with Crippen molar-refractivity contribution >= 4 is 39.5 Å². The summed E-state index contributed by atoms with van der Waals surface area (Å²) in [5.74, 6) is -0.297. The first-order valence-corrected chi connectivity index (χ1v) is 9.76. The maximum atomic E-state index is 12.1. The van der Waals surface area contributed by atoms with Crippen LogP contribution in [0.5, 0.6) is 0 Å². The Morgan fingerprint density at radius 3 is 2.62 bits per heavy atom. The van der Waals surface area contributed by atoms with Gasteiger partial charge in [-0.05, 0) is 25.1 Å². The lowest BCUT2D eigenvalue weighted by atomic mass is 10.4. The van der Waals surface area contributed by atoms with Crippen LogP contribution in [0.15, 0.2) is 40.6 Å². The number of thiazole rings is 1. The van der Waals surface area contributed by atoms with Gasteiger partial charge in [-0.2, -0.15) is 0 Å². The fourth-order valence-corrected chi connectivity index (χ4v) is 4.08. The van der Waals surface area contributed by atoms with Crippen molar-refractivity contribution in [3.63, 3.8) is 0 Å². The number of aromatic nitrogens is 1. The normalized spacial score (nSPS) is 10.9. The van der Waals surface area contributed by atoms with Crippen LogP contribution in [0, 0.1) is 0 Å². The van der Waals surface area contributed by atoms with E-state index in [1.54, 1.807) is 35.7 Å². The molecule has 1 aromatic heterocycles. The third kappa shape index (κ3) is 5.86. The number of benzene rings is 1. The number of carbonyl (C=O) groups is 1. The number of amides is 1. The largest absolute Gasteiger partial charge is 0.351 e. The SMILES string of the molecule is Cl.NCCc1nc(C(=O)NCCCS(=O)(=O)c2ccccc2)cs1. The highest BCUT2D eigenvalue weighted by Gasteiger charge is 2.14. The number of hydrogen-bond acceptors (Lipinski definition) is 6. The van der Waals surface area contributed by atoms with Crippen LogP contribution in [0.2, 0.25) is 0 Å². The predicted octanol–water partition coefficient (Wildman–Crippen LogP) is 1.66. The van der Waals surface area contributed by atoms with E-state index in [4.69, 9.17) is 5.73 Å². The minimum atomic E-state index is -3.30. The Kier molecular flexibility index (Phi) is 8.34. The van der Waals surface area contributed by atoms with Gasteiger partial charge >= 0.3 is 0 Å². The molecule has 3 N–H and O–H groups in total. The number of nitrogens with two attached hydrogens (primary N) is 1. The molecule has 1 amide bonds. The molecular formula is C15H20ClN3O3S2. The van der Waals surface area contributed by atoms with E-state index < -0.39 is 9.84 Å². The summed E-state index contributed by atoms with van der Waals surface area (Å²) >= 11 is 1.40. The van der Waals surface area contributed by atoms with Crippen LogP contribution in [-0.2, 0) is 16.3 Å². The molecule has 0 bridgehead atoms. The molecule has 6 nitrogen and oxygen atoms in total. The summed E-state index contributed by atoms with van der Waals surface area (Å²) in [7, 11) is -3.30. The Morgan fingerprint density at radius 1 is 1.25 bits per heavy atom. The Labute approximate surface area is 151 Å². The van der Waals surface area contributed by atoms with Crippen molar-refractivity contribution in [3.8, 4) is 0 Å². The highest BCUT2D eigenvalue weighted by molar-refractivity contribution is 7.91. The lowest BCUT2D eigenvalue weighted by molar-refractivity contribution is 0.0949. The molecule has 0 atom stereocenters. The van der Waals surface area contributed by atoms with Crippen LogP contribution < -0.4 is 11.1 Å². The van der Waals surface area contributed by atoms with Crippen molar-refractivity contribution in [2.45, 2.75) is 17.7 Å². The number of nitrogens with zero attached hydrogens (tertiary/aromatic N) is 1. The van der Waals surface area contributed by atoms with Crippen molar-refractivity contribution in [2.24, 2.45) is 5.73 Å². The van der Waals surface area contributed by atoms with Gasteiger partial charge in [-0.3, -0.25) is 4.79 Å². The van der Waals surface area contributed by atoms with Gasteiger partial charge in [0.2, 0.25) is 0 Å². The van der Waals surface area contributed by atoms with Crippen molar-refractivity contribution in [1.82, 2.24) is 10.3 Å². The van der Waals surface area contributed by atoms with Crippen LogP contribution in [0.1, 0.15) is 21.9 Å². The zero-order chi connectivity index (χ0) is 16.7. The van der Waals surface area contributed by atoms with Gasteiger partial charge in [0.15, 0.2) is 9.84 Å². The molecule has 0 radical (unpaired) electrons. The van der Waals surface area contributed by atoms with E-state index in [0.29, 0.717) is 30.0 Å². The number of hydrogen-bond donors (Lipinski definition) is 2. The third-order valence-corrected chi connectivity index (χ3v) is 5.85. The minimum Gasteiger partial charge on any atom is -0.351 e. The monoisotopic (exact) mass is 389 g/mol. The molecule has 2 aromatic rings. The minimum absolute atomic E-state index is 0. The topological polar surface area (TPSA) is 102 Å². The lowest BCUT2D eigenvalue weighted by Gasteiger charge is -2.05. The van der Waals surface area contributed by atoms with Gasteiger partial charge < -0.3 is 11.1 Å². The summed E-state index contributed by atoms with van der Waals surface area (Å²) in [6.07, 6.45) is 0.996. The van der Waals surface area contributed by atoms with Crippen LogP contribution in [0.25, 0.3) is 0 Å². The molecule has 0 unspecified atom stereocenters. The Bertz CT molecular complexity index is 748. The number of rotatable bonds is 8. The third-order valence-electron chi connectivity index (χ3n) is 3.12. The average Bonchev–Trinajstić information content (AvgIpc) is 3.01. The van der Waals surface area contributed by atoms with Crippen molar-refractivity contribution in [3.05, 3.63) is 46.4 Å². The second kappa shape index (κ2) is 9.73. The summed E-state index contributed by atoms with van der Waals surface area (Å²) in [5, 5.41) is 5.19. The molecule has 0 spiro atoms. The zero-order valence-corrected chi connectivity index (χ0v) is 15.4. The van der Waals surface area contributed by atoms with Crippen molar-refractivity contribution in [2.75, 3.05) is 18.8 Å². The summed E-state index contributed by atoms with van der Waals surface area (Å²) in [6, 6.07) is 8.29. The van der Waals surface area contributed by atoms with E-state index in [1.807, 2.05) is 0 Å². The molecule has 1 aromatic carbocycles. The zero-order valence-electron chi connectivity index (χ0n) is 13.0. The second-order valence-electron chi connectivity index (χ2n) is 4.91. The molecule has 0 aliphatic heterocycles. The Hall–Kier alpha value is -1.48. The van der Waals surface area contributed by atoms with Gasteiger partial charge in [-0.25, -0.2) is 13.4 Å². The average molecular weight is 390 g/mol. The maximum absolute atomic E-state index is 12.1. The fourth-order valence-electron chi connectivity index (χ4n) is 1.95. The van der Waals surface area contributed by atoms with Gasteiger partial charge in [-0.1, -0.05) is 18.2 Å². The van der Waals surface area contributed by atoms with Crippen LogP contribution in [0.4, 0.5) is 0 Å². The molecule has 2 rings (SSSR count). The smallest absolute Gasteiger partial charge is 0.270 e. The summed E-state index contributed by atoms with van der Waals surface area (Å²) in [6.45, 7) is 0.778. The van der Waals surface area contributed by atoms with Crippen LogP contribution >= 0.6 is 23.7 Å². The summed E-state index contributed by atoms with van der Waals surface area (Å²) < 4.78 is 24.2. The Balaban J connectivity index is 0.00000288. The highest BCUT2D eigenvalue weighted by atomic mass is 35.5. The number of carbonyl (C=O) groups excluding carboxylic acids is 1. The standard InChI is InChI=1S/C15H19N3O3S2.ClH/c16-8-7-14-18-13(11-22-14)15(19)17-9-4-10-23(20,21)12-5-2-1-3-6-12;/h1-3,5-6,11H,4,7-10,16H2,(H,17,19);1H. The van der Waals surface area contributed by atoms with Crippen LogP contribution in [0.3, 0.4) is 0 Å². The van der Waals surface area contributed by atoms with Gasteiger partial charge in [0.1, 0.15) is 5.69 Å². The molecule has 0 aliphatic carbocycles. The molecule has 1 heterocycles. The van der Waals surface area contributed by atoms with E-state index in [0.717, 1.165) is 5.01 Å². The number of nitrogens with one attached hydrogen (secondary N) is 1. The Morgan fingerprint density at radius 2 is 1.96 bits per heavy atom.